The number of phenolic OH excluding ortho intramolecular Hbond substituents is 2. The van der Waals surface area contributed by atoms with Gasteiger partial charge < -0.3 is 57.9 Å². The Hall–Kier alpha value is -4.28. The quantitative estimate of drug-likeness (QED) is 0.0940. The van der Waals surface area contributed by atoms with E-state index in [-0.39, 0.29) is 50.3 Å². The van der Waals surface area contributed by atoms with E-state index in [0.717, 1.165) is 0 Å². The molecule has 0 spiro atoms. The summed E-state index contributed by atoms with van der Waals surface area (Å²) in [6.45, 7) is 1.19. The summed E-state index contributed by atoms with van der Waals surface area (Å²) in [5, 5.41) is 54.4. The fourth-order valence-corrected chi connectivity index (χ4v) is 5.61. The first-order valence-electron chi connectivity index (χ1n) is 16.6. The standard InChI is InChI=1S/C34H52N8O7/c1-35-12-5-6-25-32(47)42-28(34(49)41-26(11-13-36-2)31(46)39-19-24(43)18-37-3)17-23-15-21(8-10-30(23)45)20-7-9-29(44)22(14-20)16-27(38-4)33(48)40-25/h7-10,14-15,24-28,35-38,43-45H,5-6,11-13,16-19H2,1-4H3,(H,39,46)(H,40,48)(H,41,49)(H,42,47)/t24?,25-,26-,27-,28-/m0/s1. The van der Waals surface area contributed by atoms with Crippen molar-refractivity contribution in [2.24, 2.45) is 0 Å². The fraction of sp³-hybridized carbons (Fsp3) is 0.529. The smallest absolute Gasteiger partial charge is 0.243 e. The van der Waals surface area contributed by atoms with Crippen LogP contribution in [0.25, 0.3) is 11.1 Å². The number of fused-ring (bicyclic) bond motifs is 5. The third kappa shape index (κ3) is 11.7. The Morgan fingerprint density at radius 1 is 0.837 bits per heavy atom. The minimum Gasteiger partial charge on any atom is -0.508 e. The molecule has 5 atom stereocenters. The monoisotopic (exact) mass is 684 g/mol. The number of rotatable bonds is 15. The molecule has 2 aromatic rings. The van der Waals surface area contributed by atoms with Crippen molar-refractivity contribution in [3.8, 4) is 22.6 Å². The van der Waals surface area contributed by atoms with E-state index in [0.29, 0.717) is 41.8 Å². The van der Waals surface area contributed by atoms with Gasteiger partial charge in [0.25, 0.3) is 0 Å². The van der Waals surface area contributed by atoms with Crippen molar-refractivity contribution >= 4 is 23.6 Å². The topological polar surface area (TPSA) is 225 Å². The van der Waals surface area contributed by atoms with Crippen LogP contribution in [-0.4, -0.2) is 124 Å². The van der Waals surface area contributed by atoms with E-state index in [1.54, 1.807) is 52.5 Å². The van der Waals surface area contributed by atoms with Crippen molar-refractivity contribution < 1.29 is 34.5 Å². The van der Waals surface area contributed by atoms with Crippen LogP contribution in [0.1, 0.15) is 30.4 Å². The molecule has 0 radical (unpaired) electrons. The van der Waals surface area contributed by atoms with Gasteiger partial charge >= 0.3 is 0 Å². The third-order valence-corrected chi connectivity index (χ3v) is 8.46. The zero-order valence-corrected chi connectivity index (χ0v) is 28.7. The van der Waals surface area contributed by atoms with Gasteiger partial charge in [-0.15, -0.1) is 0 Å². The van der Waals surface area contributed by atoms with Crippen molar-refractivity contribution in [1.29, 1.82) is 0 Å². The number of aliphatic hydroxyl groups excluding tert-OH is 1. The van der Waals surface area contributed by atoms with Crippen LogP contribution >= 0.6 is 0 Å². The minimum atomic E-state index is -1.25. The second-order valence-corrected chi connectivity index (χ2v) is 12.2. The molecular weight excluding hydrogens is 632 g/mol. The van der Waals surface area contributed by atoms with Crippen LogP contribution in [0.3, 0.4) is 0 Å². The highest BCUT2D eigenvalue weighted by Gasteiger charge is 2.32. The summed E-state index contributed by atoms with van der Waals surface area (Å²) >= 11 is 0. The van der Waals surface area contributed by atoms with E-state index in [1.807, 2.05) is 0 Å². The van der Waals surface area contributed by atoms with Gasteiger partial charge in [0, 0.05) is 25.9 Å². The van der Waals surface area contributed by atoms with Crippen LogP contribution in [0.4, 0.5) is 0 Å². The van der Waals surface area contributed by atoms with Crippen LogP contribution in [-0.2, 0) is 32.0 Å². The van der Waals surface area contributed by atoms with E-state index in [4.69, 9.17) is 0 Å². The number of benzene rings is 2. The van der Waals surface area contributed by atoms with Crippen LogP contribution in [0.2, 0.25) is 0 Å². The molecule has 1 aliphatic heterocycles. The molecule has 49 heavy (non-hydrogen) atoms. The van der Waals surface area contributed by atoms with Gasteiger partial charge in [0.05, 0.1) is 12.1 Å². The van der Waals surface area contributed by atoms with Crippen LogP contribution in [0.5, 0.6) is 11.5 Å². The number of phenols is 2. The predicted octanol–water partition coefficient (Wildman–Crippen LogP) is -1.79. The fourth-order valence-electron chi connectivity index (χ4n) is 5.61. The Kier molecular flexibility index (Phi) is 15.7. The molecule has 2 aromatic carbocycles. The lowest BCUT2D eigenvalue weighted by atomic mass is 9.95. The first-order valence-corrected chi connectivity index (χ1v) is 16.6. The lowest BCUT2D eigenvalue weighted by Crippen LogP contribution is -2.59. The molecule has 1 heterocycles. The van der Waals surface area contributed by atoms with Crippen molar-refractivity contribution in [3.63, 3.8) is 0 Å². The highest BCUT2D eigenvalue weighted by atomic mass is 16.3. The summed E-state index contributed by atoms with van der Waals surface area (Å²) in [5.74, 6) is -2.35. The number of aromatic hydroxyl groups is 2. The molecule has 4 amide bonds. The van der Waals surface area contributed by atoms with Gasteiger partial charge in [0.2, 0.25) is 23.6 Å². The molecule has 15 heteroatoms. The maximum atomic E-state index is 14.0. The van der Waals surface area contributed by atoms with E-state index < -0.39 is 53.9 Å². The normalized spacial score (nSPS) is 19.4. The predicted molar refractivity (Wildman–Crippen MR) is 186 cm³/mol. The number of carbonyl (C=O) groups excluding carboxylic acids is 4. The van der Waals surface area contributed by atoms with E-state index in [1.165, 1.54) is 12.1 Å². The van der Waals surface area contributed by atoms with E-state index in [9.17, 15) is 34.5 Å². The van der Waals surface area contributed by atoms with Gasteiger partial charge in [-0.3, -0.25) is 19.2 Å². The van der Waals surface area contributed by atoms with Gasteiger partial charge in [-0.2, -0.15) is 0 Å². The molecule has 0 saturated carbocycles. The summed E-state index contributed by atoms with van der Waals surface area (Å²) < 4.78 is 0. The van der Waals surface area contributed by atoms with Crippen LogP contribution in [0, 0.1) is 0 Å². The summed E-state index contributed by atoms with van der Waals surface area (Å²) in [6, 6.07) is 5.84. The van der Waals surface area contributed by atoms with Crippen molar-refractivity contribution in [2.45, 2.75) is 62.4 Å². The number of nitrogens with one attached hydrogen (secondary N) is 8. The van der Waals surface area contributed by atoms with Crippen molar-refractivity contribution in [2.75, 3.05) is 54.4 Å². The van der Waals surface area contributed by atoms with Crippen molar-refractivity contribution in [3.05, 3.63) is 47.5 Å². The summed E-state index contributed by atoms with van der Waals surface area (Å²) in [6.07, 6.45) is 0.162. The van der Waals surface area contributed by atoms with Crippen molar-refractivity contribution in [1.82, 2.24) is 42.5 Å². The van der Waals surface area contributed by atoms with Gasteiger partial charge in [-0.25, -0.2) is 0 Å². The molecule has 0 aromatic heterocycles. The number of hydrogen-bond donors (Lipinski definition) is 11. The number of aliphatic hydroxyl groups is 1. The molecule has 0 saturated heterocycles. The Morgan fingerprint density at radius 3 is 2.06 bits per heavy atom. The molecule has 270 valence electrons. The number of carbonyl (C=O) groups is 4. The summed E-state index contributed by atoms with van der Waals surface area (Å²) in [4.78, 5) is 54.5. The Morgan fingerprint density at radius 2 is 1.47 bits per heavy atom. The zero-order chi connectivity index (χ0) is 35.9. The SMILES string of the molecule is CNCCC[C@@H]1NC(=O)[C@@H](NC)Cc2cc(ccc2O)-c2ccc(O)c(c2)C[C@@H](C(=O)N[C@@H](CCNC)C(=O)NCC(O)CNC)NC1=O. The highest BCUT2D eigenvalue weighted by molar-refractivity contribution is 5.95. The van der Waals surface area contributed by atoms with E-state index >= 15 is 0 Å². The Balaban J connectivity index is 2.04. The van der Waals surface area contributed by atoms with Crippen LogP contribution < -0.4 is 42.5 Å². The average molecular weight is 685 g/mol. The van der Waals surface area contributed by atoms with E-state index in [2.05, 4.69) is 42.5 Å². The van der Waals surface area contributed by atoms with Gasteiger partial charge in [0.15, 0.2) is 0 Å². The molecule has 4 bridgehead atoms. The zero-order valence-electron chi connectivity index (χ0n) is 28.7. The highest BCUT2D eigenvalue weighted by Crippen LogP contribution is 2.31. The van der Waals surface area contributed by atoms with Gasteiger partial charge in [-0.05, 0) is 107 Å². The summed E-state index contributed by atoms with van der Waals surface area (Å²) in [5.41, 5.74) is 2.25. The summed E-state index contributed by atoms with van der Waals surface area (Å²) in [7, 11) is 6.77. The third-order valence-electron chi connectivity index (χ3n) is 8.46. The molecule has 0 aliphatic carbocycles. The second kappa shape index (κ2) is 19.7. The number of hydrogen-bond acceptors (Lipinski definition) is 11. The minimum absolute atomic E-state index is 0.00794. The molecule has 15 nitrogen and oxygen atoms in total. The Labute approximate surface area is 287 Å². The lowest BCUT2D eigenvalue weighted by molar-refractivity contribution is -0.134. The van der Waals surface area contributed by atoms with Gasteiger partial charge in [0.1, 0.15) is 29.6 Å². The largest absolute Gasteiger partial charge is 0.508 e. The van der Waals surface area contributed by atoms with Crippen LogP contribution in [0.15, 0.2) is 36.4 Å². The first kappa shape index (κ1) is 39.2. The second-order valence-electron chi connectivity index (χ2n) is 12.2. The first-order chi connectivity index (χ1) is 23.5. The number of amides is 4. The molecule has 1 aliphatic rings. The molecule has 11 N–H and O–H groups in total. The molecule has 3 rings (SSSR count). The maximum absolute atomic E-state index is 14.0. The molecule has 0 fully saturated rings. The average Bonchev–Trinajstić information content (AvgIpc) is 3.08. The Bertz CT molecular complexity index is 1420. The molecule has 1 unspecified atom stereocenters. The number of likely N-dealkylation sites (N-methyl/N-ethyl adjacent to an activating group) is 2. The lowest BCUT2D eigenvalue weighted by Gasteiger charge is -2.27. The van der Waals surface area contributed by atoms with Gasteiger partial charge in [-0.1, -0.05) is 12.1 Å². The molecular formula is C34H52N8O7. The maximum Gasteiger partial charge on any atom is 0.243 e.